The minimum Gasteiger partial charge on any atom is -0.442 e. The Hall–Kier alpha value is -3.53. The predicted molar refractivity (Wildman–Crippen MR) is 110 cm³/mol. The van der Waals surface area contributed by atoms with Crippen LogP contribution in [0.2, 0.25) is 0 Å². The first-order valence-corrected chi connectivity index (χ1v) is 9.91. The van der Waals surface area contributed by atoms with E-state index < -0.39 is 23.9 Å². The molecule has 0 unspecified atom stereocenters. The lowest BCUT2D eigenvalue weighted by atomic mass is 10.1. The molecule has 154 valence electrons. The summed E-state index contributed by atoms with van der Waals surface area (Å²) in [7, 11) is 0. The van der Waals surface area contributed by atoms with Crippen LogP contribution in [0.4, 0.5) is 20.0 Å². The number of aromatic nitrogens is 1. The van der Waals surface area contributed by atoms with Gasteiger partial charge in [-0.1, -0.05) is 23.5 Å². The Morgan fingerprint density at radius 3 is 2.83 bits per heavy atom. The number of hydrogen-bond acceptors (Lipinski definition) is 6. The van der Waals surface area contributed by atoms with E-state index in [1.54, 1.807) is 0 Å². The normalized spacial score (nSPS) is 15.9. The highest BCUT2D eigenvalue weighted by Gasteiger charge is 2.33. The highest BCUT2D eigenvalue weighted by Crippen LogP contribution is 2.27. The maximum atomic E-state index is 14.6. The van der Waals surface area contributed by atoms with Crippen LogP contribution in [0.5, 0.6) is 0 Å². The summed E-state index contributed by atoms with van der Waals surface area (Å²) in [5.41, 5.74) is 0.842. The zero-order valence-corrected chi connectivity index (χ0v) is 16.7. The van der Waals surface area contributed by atoms with Gasteiger partial charge in [-0.3, -0.25) is 19.8 Å². The maximum Gasteiger partial charge on any atom is 0.414 e. The lowest BCUT2D eigenvalue weighted by Crippen LogP contribution is -2.33. The van der Waals surface area contributed by atoms with Gasteiger partial charge in [-0.2, -0.15) is 0 Å². The van der Waals surface area contributed by atoms with Crippen LogP contribution in [0.1, 0.15) is 17.3 Å². The summed E-state index contributed by atoms with van der Waals surface area (Å²) in [6, 6.07) is 11.3. The van der Waals surface area contributed by atoms with Gasteiger partial charge in [0.25, 0.3) is 5.91 Å². The van der Waals surface area contributed by atoms with Crippen LogP contribution in [-0.4, -0.2) is 42.1 Å². The second kappa shape index (κ2) is 8.07. The number of hydrogen-bond donors (Lipinski definition) is 2. The van der Waals surface area contributed by atoms with Gasteiger partial charge >= 0.3 is 6.09 Å². The van der Waals surface area contributed by atoms with Gasteiger partial charge in [0.2, 0.25) is 5.91 Å². The van der Waals surface area contributed by atoms with Crippen LogP contribution >= 0.6 is 11.3 Å². The molecule has 1 aliphatic heterocycles. The van der Waals surface area contributed by atoms with E-state index in [2.05, 4.69) is 15.6 Å². The average molecular weight is 428 g/mol. The van der Waals surface area contributed by atoms with Crippen LogP contribution in [-0.2, 0) is 9.53 Å². The molecule has 1 aliphatic rings. The van der Waals surface area contributed by atoms with E-state index in [4.69, 9.17) is 4.74 Å². The number of fused-ring (bicyclic) bond motifs is 1. The maximum absolute atomic E-state index is 14.6. The van der Waals surface area contributed by atoms with E-state index in [-0.39, 0.29) is 30.2 Å². The first-order valence-electron chi connectivity index (χ1n) is 9.10. The SMILES string of the molecule is CC(=O)NC[C@H]1CN(c2ccc(C(=O)Nc3nc4ccccc4s3)c(F)c2)C(=O)O1. The third-order valence-corrected chi connectivity index (χ3v) is 5.43. The molecule has 30 heavy (non-hydrogen) atoms. The van der Waals surface area contributed by atoms with Gasteiger partial charge in [-0.15, -0.1) is 0 Å². The first-order chi connectivity index (χ1) is 14.4. The fourth-order valence-electron chi connectivity index (χ4n) is 3.04. The quantitative estimate of drug-likeness (QED) is 0.650. The fraction of sp³-hybridized carbons (Fsp3) is 0.200. The fourth-order valence-corrected chi connectivity index (χ4v) is 3.90. The summed E-state index contributed by atoms with van der Waals surface area (Å²) in [5, 5.41) is 5.55. The summed E-state index contributed by atoms with van der Waals surface area (Å²) >= 11 is 1.29. The van der Waals surface area contributed by atoms with Crippen molar-refractivity contribution in [3.8, 4) is 0 Å². The molecule has 0 spiro atoms. The molecule has 0 saturated carbocycles. The number of nitrogens with zero attached hydrogens (tertiary/aromatic N) is 2. The van der Waals surface area contributed by atoms with Gasteiger partial charge in [0, 0.05) is 6.92 Å². The van der Waals surface area contributed by atoms with Crippen LogP contribution in [0, 0.1) is 5.82 Å². The Bertz CT molecular complexity index is 1120. The number of anilines is 2. The van der Waals surface area contributed by atoms with E-state index in [9.17, 15) is 18.8 Å². The summed E-state index contributed by atoms with van der Waals surface area (Å²) in [6.45, 7) is 1.69. The highest BCUT2D eigenvalue weighted by atomic mass is 32.1. The van der Waals surface area contributed by atoms with Crippen molar-refractivity contribution >= 4 is 50.3 Å². The molecule has 0 bridgehead atoms. The van der Waals surface area contributed by atoms with Crippen molar-refractivity contribution in [3.63, 3.8) is 0 Å². The monoisotopic (exact) mass is 428 g/mol. The van der Waals surface area contributed by atoms with E-state index in [1.165, 1.54) is 35.3 Å². The van der Waals surface area contributed by atoms with Crippen molar-refractivity contribution < 1.29 is 23.5 Å². The van der Waals surface area contributed by atoms with Crippen LogP contribution in [0.15, 0.2) is 42.5 Å². The van der Waals surface area contributed by atoms with E-state index in [0.717, 1.165) is 16.3 Å². The Morgan fingerprint density at radius 1 is 1.30 bits per heavy atom. The second-order valence-corrected chi connectivity index (χ2v) is 7.69. The molecule has 8 nitrogen and oxygen atoms in total. The summed E-state index contributed by atoms with van der Waals surface area (Å²) < 4.78 is 20.7. The van der Waals surface area contributed by atoms with Crippen molar-refractivity contribution in [2.24, 2.45) is 0 Å². The Balaban J connectivity index is 1.46. The number of carbonyl (C=O) groups is 3. The molecular formula is C20H17FN4O4S. The van der Waals surface area contributed by atoms with Crippen LogP contribution in [0.3, 0.4) is 0 Å². The molecule has 1 fully saturated rings. The molecule has 0 aliphatic carbocycles. The number of benzene rings is 2. The van der Waals surface area contributed by atoms with Gasteiger partial charge in [-0.05, 0) is 30.3 Å². The zero-order chi connectivity index (χ0) is 21.3. The topological polar surface area (TPSA) is 101 Å². The lowest BCUT2D eigenvalue weighted by molar-refractivity contribution is -0.119. The van der Waals surface area contributed by atoms with Gasteiger partial charge in [-0.25, -0.2) is 14.2 Å². The van der Waals surface area contributed by atoms with Crippen molar-refractivity contribution in [1.29, 1.82) is 0 Å². The molecule has 4 rings (SSSR count). The molecule has 1 aromatic heterocycles. The molecule has 2 heterocycles. The van der Waals surface area contributed by atoms with Gasteiger partial charge in [0.05, 0.1) is 34.6 Å². The number of carbonyl (C=O) groups excluding carboxylic acids is 3. The minimum absolute atomic E-state index is 0.163. The van der Waals surface area contributed by atoms with Gasteiger partial charge in [0.15, 0.2) is 5.13 Å². The standard InChI is InChI=1S/C20H17FN4O4S/c1-11(26)22-9-13-10-25(20(28)29-13)12-6-7-14(15(21)8-12)18(27)24-19-23-16-4-2-3-5-17(16)30-19/h2-8,13H,9-10H2,1H3,(H,22,26)(H,23,24,27)/t13-/m0/s1. The third kappa shape index (κ3) is 4.08. The van der Waals surface area contributed by atoms with E-state index in [1.807, 2.05) is 24.3 Å². The van der Waals surface area contributed by atoms with Gasteiger partial charge < -0.3 is 10.1 Å². The molecule has 1 atom stereocenters. The number of thiazole rings is 1. The van der Waals surface area contributed by atoms with Crippen molar-refractivity contribution in [2.45, 2.75) is 13.0 Å². The zero-order valence-electron chi connectivity index (χ0n) is 15.8. The smallest absolute Gasteiger partial charge is 0.414 e. The number of para-hydroxylation sites is 1. The van der Waals surface area contributed by atoms with Crippen molar-refractivity contribution in [2.75, 3.05) is 23.3 Å². The number of cyclic esters (lactones) is 1. The summed E-state index contributed by atoms with van der Waals surface area (Å²) in [4.78, 5) is 41.1. The average Bonchev–Trinajstić information content (AvgIpc) is 3.28. The van der Waals surface area contributed by atoms with Crippen LogP contribution < -0.4 is 15.5 Å². The lowest BCUT2D eigenvalue weighted by Gasteiger charge is -2.14. The molecule has 10 heteroatoms. The molecule has 0 radical (unpaired) electrons. The first kappa shape index (κ1) is 19.8. The molecular weight excluding hydrogens is 411 g/mol. The van der Waals surface area contributed by atoms with Crippen LogP contribution in [0.25, 0.3) is 10.2 Å². The summed E-state index contributed by atoms with van der Waals surface area (Å²) in [6.07, 6.45) is -1.18. The number of amides is 3. The summed E-state index contributed by atoms with van der Waals surface area (Å²) in [5.74, 6) is -1.64. The molecule has 2 N–H and O–H groups in total. The number of halogens is 1. The van der Waals surface area contributed by atoms with Crippen molar-refractivity contribution in [3.05, 3.63) is 53.8 Å². The van der Waals surface area contributed by atoms with E-state index in [0.29, 0.717) is 5.13 Å². The number of nitrogens with one attached hydrogen (secondary N) is 2. The largest absolute Gasteiger partial charge is 0.442 e. The highest BCUT2D eigenvalue weighted by molar-refractivity contribution is 7.22. The Morgan fingerprint density at radius 2 is 2.10 bits per heavy atom. The number of ether oxygens (including phenoxy) is 1. The van der Waals surface area contributed by atoms with E-state index >= 15 is 0 Å². The molecule has 3 amide bonds. The molecule has 2 aromatic carbocycles. The Kier molecular flexibility index (Phi) is 5.32. The van der Waals surface area contributed by atoms with Gasteiger partial charge in [0.1, 0.15) is 11.9 Å². The third-order valence-electron chi connectivity index (χ3n) is 4.48. The molecule has 3 aromatic rings. The minimum atomic E-state index is -0.774. The Labute approximate surface area is 174 Å². The number of rotatable bonds is 5. The van der Waals surface area contributed by atoms with Crippen molar-refractivity contribution in [1.82, 2.24) is 10.3 Å². The second-order valence-electron chi connectivity index (χ2n) is 6.66. The molecule has 1 saturated heterocycles. The predicted octanol–water partition coefficient (Wildman–Crippen LogP) is 3.15.